The maximum Gasteiger partial charge on any atom is 0.137 e. The second kappa shape index (κ2) is 5.66. The predicted molar refractivity (Wildman–Crippen MR) is 51.4 cm³/mol. The summed E-state index contributed by atoms with van der Waals surface area (Å²) in [6.45, 7) is 3.91. The summed E-state index contributed by atoms with van der Waals surface area (Å²) in [4.78, 5) is 6.02. The van der Waals surface area contributed by atoms with Crippen LogP contribution in [-0.4, -0.2) is 53.4 Å². The summed E-state index contributed by atoms with van der Waals surface area (Å²) < 4.78 is 1.82. The summed E-state index contributed by atoms with van der Waals surface area (Å²) in [5.74, 6) is 0. The van der Waals surface area contributed by atoms with Crippen LogP contribution < -0.4 is 5.32 Å². The molecule has 1 aromatic rings. The van der Waals surface area contributed by atoms with Crippen molar-refractivity contribution in [2.45, 2.75) is 6.54 Å². The molecule has 0 aliphatic carbocycles. The first-order valence-electron chi connectivity index (χ1n) is 4.47. The van der Waals surface area contributed by atoms with Gasteiger partial charge in [0.2, 0.25) is 0 Å². The van der Waals surface area contributed by atoms with Crippen LogP contribution in [-0.2, 0) is 6.54 Å². The van der Waals surface area contributed by atoms with Crippen LogP contribution in [0.3, 0.4) is 0 Å². The van der Waals surface area contributed by atoms with Crippen molar-refractivity contribution in [2.24, 2.45) is 0 Å². The summed E-state index contributed by atoms with van der Waals surface area (Å²) in [6.07, 6.45) is 3.29. The van der Waals surface area contributed by atoms with Gasteiger partial charge in [0.15, 0.2) is 0 Å². The van der Waals surface area contributed by atoms with Gasteiger partial charge in [-0.3, -0.25) is 4.68 Å². The summed E-state index contributed by atoms with van der Waals surface area (Å²) in [7, 11) is 4.14. The smallest absolute Gasteiger partial charge is 0.137 e. The van der Waals surface area contributed by atoms with Gasteiger partial charge >= 0.3 is 0 Å². The van der Waals surface area contributed by atoms with E-state index in [4.69, 9.17) is 0 Å². The van der Waals surface area contributed by atoms with Crippen molar-refractivity contribution >= 4 is 0 Å². The lowest BCUT2D eigenvalue weighted by Gasteiger charge is -2.09. The second-order valence-electron chi connectivity index (χ2n) is 3.21. The molecule has 0 unspecified atom stereocenters. The highest BCUT2D eigenvalue weighted by Gasteiger charge is 1.91. The Hall–Kier alpha value is -0.940. The minimum absolute atomic E-state index is 0.882. The Kier molecular flexibility index (Phi) is 4.42. The van der Waals surface area contributed by atoms with Crippen molar-refractivity contribution in [3.8, 4) is 0 Å². The molecule has 0 aliphatic heterocycles. The lowest BCUT2D eigenvalue weighted by molar-refractivity contribution is 0.396. The molecule has 0 atom stereocenters. The molecule has 0 fully saturated rings. The highest BCUT2D eigenvalue weighted by Crippen LogP contribution is 1.78. The van der Waals surface area contributed by atoms with Crippen molar-refractivity contribution < 1.29 is 0 Å². The van der Waals surface area contributed by atoms with Gasteiger partial charge in [0.05, 0.1) is 6.54 Å². The minimum Gasteiger partial charge on any atom is -0.314 e. The van der Waals surface area contributed by atoms with Gasteiger partial charge in [-0.1, -0.05) is 0 Å². The molecule has 0 spiro atoms. The quantitative estimate of drug-likeness (QED) is 0.600. The maximum atomic E-state index is 4.00. The van der Waals surface area contributed by atoms with Crippen LogP contribution in [0.1, 0.15) is 0 Å². The van der Waals surface area contributed by atoms with Gasteiger partial charge in [-0.15, -0.1) is 0 Å². The summed E-state index contributed by atoms with van der Waals surface area (Å²) in [5.41, 5.74) is 0. The van der Waals surface area contributed by atoms with Crippen LogP contribution in [0.25, 0.3) is 0 Å². The second-order valence-corrected chi connectivity index (χ2v) is 3.21. The van der Waals surface area contributed by atoms with Crippen molar-refractivity contribution in [2.75, 3.05) is 33.7 Å². The number of nitrogens with one attached hydrogen (secondary N) is 1. The van der Waals surface area contributed by atoms with E-state index in [1.807, 2.05) is 4.68 Å². The zero-order valence-electron chi connectivity index (χ0n) is 8.27. The molecule has 0 saturated heterocycles. The van der Waals surface area contributed by atoms with E-state index in [1.165, 1.54) is 0 Å². The Bertz CT molecular complexity index is 206. The van der Waals surface area contributed by atoms with Gasteiger partial charge in [-0.2, -0.15) is 5.10 Å². The fourth-order valence-corrected chi connectivity index (χ4v) is 0.969. The highest BCUT2D eigenvalue weighted by molar-refractivity contribution is 4.57. The maximum absolute atomic E-state index is 4.00. The molecule has 0 amide bonds. The van der Waals surface area contributed by atoms with Gasteiger partial charge in [0.25, 0.3) is 0 Å². The van der Waals surface area contributed by atoms with E-state index in [-0.39, 0.29) is 0 Å². The SMILES string of the molecule is CN(C)CCNCCn1cncn1. The number of likely N-dealkylation sites (N-methyl/N-ethyl adjacent to an activating group) is 1. The topological polar surface area (TPSA) is 46.0 Å². The Labute approximate surface area is 78.8 Å². The summed E-state index contributed by atoms with van der Waals surface area (Å²) in [6, 6.07) is 0. The van der Waals surface area contributed by atoms with Crippen molar-refractivity contribution in [3.63, 3.8) is 0 Å². The van der Waals surface area contributed by atoms with Gasteiger partial charge in [-0.25, -0.2) is 4.98 Å². The van der Waals surface area contributed by atoms with E-state index in [0.717, 1.165) is 26.2 Å². The van der Waals surface area contributed by atoms with Crippen LogP contribution in [0.5, 0.6) is 0 Å². The molecular weight excluding hydrogens is 166 g/mol. The van der Waals surface area contributed by atoms with Crippen LogP contribution in [0, 0.1) is 0 Å². The van der Waals surface area contributed by atoms with Gasteiger partial charge in [0.1, 0.15) is 12.7 Å². The number of hydrogen-bond donors (Lipinski definition) is 1. The average molecular weight is 183 g/mol. The van der Waals surface area contributed by atoms with E-state index in [1.54, 1.807) is 12.7 Å². The summed E-state index contributed by atoms with van der Waals surface area (Å²) >= 11 is 0. The first-order valence-corrected chi connectivity index (χ1v) is 4.47. The Morgan fingerprint density at radius 3 is 2.85 bits per heavy atom. The first kappa shape index (κ1) is 10.1. The molecule has 1 rings (SSSR count). The standard InChI is InChI=1S/C8H17N5/c1-12(2)5-3-9-4-6-13-8-10-7-11-13/h7-9H,3-6H2,1-2H3. The molecule has 74 valence electrons. The van der Waals surface area contributed by atoms with E-state index in [0.29, 0.717) is 0 Å². The number of hydrogen-bond acceptors (Lipinski definition) is 4. The Morgan fingerprint density at radius 1 is 1.38 bits per heavy atom. The largest absolute Gasteiger partial charge is 0.314 e. The van der Waals surface area contributed by atoms with Crippen molar-refractivity contribution in [3.05, 3.63) is 12.7 Å². The van der Waals surface area contributed by atoms with E-state index in [9.17, 15) is 0 Å². The van der Waals surface area contributed by atoms with Crippen LogP contribution in [0.4, 0.5) is 0 Å². The average Bonchev–Trinajstić information content (AvgIpc) is 2.55. The third kappa shape index (κ3) is 4.59. The predicted octanol–water partition coefficient (Wildman–Crippen LogP) is -0.571. The molecular formula is C8H17N5. The monoisotopic (exact) mass is 183 g/mol. The van der Waals surface area contributed by atoms with Gasteiger partial charge < -0.3 is 10.2 Å². The van der Waals surface area contributed by atoms with Gasteiger partial charge in [-0.05, 0) is 14.1 Å². The molecule has 0 aliphatic rings. The molecule has 1 heterocycles. The van der Waals surface area contributed by atoms with Crippen molar-refractivity contribution in [1.82, 2.24) is 25.0 Å². The molecule has 5 nitrogen and oxygen atoms in total. The van der Waals surface area contributed by atoms with Crippen LogP contribution >= 0.6 is 0 Å². The minimum atomic E-state index is 0.882. The molecule has 1 N–H and O–H groups in total. The molecule has 1 aromatic heterocycles. The fraction of sp³-hybridized carbons (Fsp3) is 0.750. The first-order chi connectivity index (χ1) is 6.29. The number of nitrogens with zero attached hydrogens (tertiary/aromatic N) is 4. The lowest BCUT2D eigenvalue weighted by atomic mass is 10.5. The van der Waals surface area contributed by atoms with Crippen molar-refractivity contribution in [1.29, 1.82) is 0 Å². The summed E-state index contributed by atoms with van der Waals surface area (Å²) in [5, 5.41) is 7.33. The highest BCUT2D eigenvalue weighted by atomic mass is 15.3. The third-order valence-corrected chi connectivity index (χ3v) is 1.72. The van der Waals surface area contributed by atoms with Crippen LogP contribution in [0.2, 0.25) is 0 Å². The molecule has 0 aromatic carbocycles. The molecule has 0 radical (unpaired) electrons. The molecule has 13 heavy (non-hydrogen) atoms. The van der Waals surface area contributed by atoms with E-state index >= 15 is 0 Å². The van der Waals surface area contributed by atoms with E-state index < -0.39 is 0 Å². The zero-order valence-corrected chi connectivity index (χ0v) is 8.27. The Morgan fingerprint density at radius 2 is 2.23 bits per heavy atom. The number of aromatic nitrogens is 3. The van der Waals surface area contributed by atoms with Gasteiger partial charge in [0, 0.05) is 19.6 Å². The van der Waals surface area contributed by atoms with Crippen LogP contribution in [0.15, 0.2) is 12.7 Å². The number of rotatable bonds is 6. The Balaban J connectivity index is 1.96. The third-order valence-electron chi connectivity index (χ3n) is 1.72. The van der Waals surface area contributed by atoms with E-state index in [2.05, 4.69) is 34.4 Å². The fourth-order valence-electron chi connectivity index (χ4n) is 0.969. The molecule has 0 bridgehead atoms. The normalized spacial score (nSPS) is 11.0. The lowest BCUT2D eigenvalue weighted by Crippen LogP contribution is -2.28. The molecule has 5 heteroatoms. The zero-order chi connectivity index (χ0) is 9.52. The molecule has 0 saturated carbocycles.